The van der Waals surface area contributed by atoms with Crippen LogP contribution in [0.3, 0.4) is 0 Å². The van der Waals surface area contributed by atoms with Crippen molar-refractivity contribution in [1.29, 1.82) is 0 Å². The van der Waals surface area contributed by atoms with E-state index < -0.39 is 15.6 Å². The maximum absolute atomic E-state index is 10.7. The number of hydrogen-bond acceptors (Lipinski definition) is 6. The van der Waals surface area contributed by atoms with Gasteiger partial charge >= 0.3 is 15.6 Å². The Labute approximate surface area is 116 Å². The first kappa shape index (κ1) is 15.7. The third kappa shape index (κ3) is 3.49. The Kier molecular flexibility index (Phi) is 4.16. The molecule has 0 atom stereocenters. The fourth-order valence-electron chi connectivity index (χ4n) is 1.53. The van der Waals surface area contributed by atoms with Gasteiger partial charge in [0.25, 0.3) is 0 Å². The zero-order valence-corrected chi connectivity index (χ0v) is 11.0. The van der Waals surface area contributed by atoms with Crippen LogP contribution in [-0.4, -0.2) is 32.1 Å². The molecule has 0 spiro atoms. The molecular weight excluding hydrogens is 321 g/mol. The van der Waals surface area contributed by atoms with E-state index in [1.54, 1.807) is 0 Å². The van der Waals surface area contributed by atoms with Crippen molar-refractivity contribution in [2.24, 2.45) is 0 Å². The minimum atomic E-state index is -5.84. The van der Waals surface area contributed by atoms with E-state index in [-0.39, 0.29) is 6.79 Å². The molecule has 11 heteroatoms. The van der Waals surface area contributed by atoms with Gasteiger partial charge in [-0.15, -0.1) is 0 Å². The maximum atomic E-state index is 10.7. The molecule has 2 aliphatic rings. The maximum Gasteiger partial charge on any atom is 0.522 e. The van der Waals surface area contributed by atoms with Gasteiger partial charge in [-0.3, -0.25) is 4.55 Å². The number of benzene rings is 1. The Morgan fingerprint density at radius 2 is 1.62 bits per heavy atom. The SMILES string of the molecule is O=S(=O)(O)C(F)(F)F.c1cc2c(c3c1OCOC3)OCO2. The molecule has 7 nitrogen and oxygen atoms in total. The Hall–Kier alpha value is -1.72. The van der Waals surface area contributed by atoms with Crippen molar-refractivity contribution in [3.05, 3.63) is 17.7 Å². The van der Waals surface area contributed by atoms with Crippen LogP contribution < -0.4 is 14.2 Å². The zero-order chi connectivity index (χ0) is 15.7. The van der Waals surface area contributed by atoms with E-state index in [2.05, 4.69) is 0 Å². The Morgan fingerprint density at radius 1 is 1.05 bits per heavy atom. The summed E-state index contributed by atoms with van der Waals surface area (Å²) in [6.07, 6.45) is 0. The van der Waals surface area contributed by atoms with E-state index in [4.69, 9.17) is 31.9 Å². The van der Waals surface area contributed by atoms with Crippen molar-refractivity contribution >= 4 is 10.1 Å². The average molecular weight is 330 g/mol. The van der Waals surface area contributed by atoms with E-state index >= 15 is 0 Å². The minimum absolute atomic E-state index is 0.284. The van der Waals surface area contributed by atoms with E-state index in [0.29, 0.717) is 13.4 Å². The van der Waals surface area contributed by atoms with E-state index in [1.165, 1.54) is 0 Å². The van der Waals surface area contributed by atoms with Crippen LogP contribution in [0.4, 0.5) is 13.2 Å². The number of rotatable bonds is 0. The van der Waals surface area contributed by atoms with Crippen LogP contribution >= 0.6 is 0 Å². The quantitative estimate of drug-likeness (QED) is 0.571. The van der Waals surface area contributed by atoms with Crippen molar-refractivity contribution in [3.63, 3.8) is 0 Å². The average Bonchev–Trinajstić information content (AvgIpc) is 2.85. The first-order chi connectivity index (χ1) is 9.70. The zero-order valence-electron chi connectivity index (χ0n) is 10.2. The van der Waals surface area contributed by atoms with E-state index in [9.17, 15) is 13.2 Å². The fourth-order valence-corrected chi connectivity index (χ4v) is 1.53. The lowest BCUT2D eigenvalue weighted by Gasteiger charge is -2.18. The first-order valence-corrected chi connectivity index (χ1v) is 6.80. The van der Waals surface area contributed by atoms with Crippen molar-refractivity contribution in [2.75, 3.05) is 13.6 Å². The molecule has 2 aliphatic heterocycles. The molecule has 0 aliphatic carbocycles. The molecule has 3 rings (SSSR count). The summed E-state index contributed by atoms with van der Waals surface area (Å²) in [4.78, 5) is 0. The standard InChI is InChI=1S/C9H8O4.CHF3O3S/c1-2-8-9(13-5-12-8)6-3-10-4-11-7(1)6;2-1(3,4)8(5,6)7/h1-2H,3-5H2;(H,5,6,7). The Morgan fingerprint density at radius 3 is 2.24 bits per heavy atom. The van der Waals surface area contributed by atoms with Gasteiger partial charge < -0.3 is 18.9 Å². The van der Waals surface area contributed by atoms with Gasteiger partial charge in [-0.25, -0.2) is 0 Å². The molecule has 0 aromatic heterocycles. The highest BCUT2D eigenvalue weighted by molar-refractivity contribution is 7.86. The van der Waals surface area contributed by atoms with Crippen molar-refractivity contribution in [3.8, 4) is 17.2 Å². The lowest BCUT2D eigenvalue weighted by atomic mass is 10.1. The number of ether oxygens (including phenoxy) is 4. The summed E-state index contributed by atoms with van der Waals surface area (Å²) in [5.74, 6) is 2.36. The summed E-state index contributed by atoms with van der Waals surface area (Å²) in [5, 5.41) is 0. The number of alkyl halides is 3. The van der Waals surface area contributed by atoms with Crippen LogP contribution in [0.1, 0.15) is 5.56 Å². The predicted molar refractivity (Wildman–Crippen MR) is 60.5 cm³/mol. The lowest BCUT2D eigenvalue weighted by Crippen LogP contribution is -2.21. The highest BCUT2D eigenvalue weighted by Gasteiger charge is 2.44. The molecule has 0 saturated carbocycles. The van der Waals surface area contributed by atoms with Crippen LogP contribution in [0.2, 0.25) is 0 Å². The van der Waals surface area contributed by atoms with E-state index in [0.717, 1.165) is 22.8 Å². The molecule has 2 heterocycles. The van der Waals surface area contributed by atoms with E-state index in [1.807, 2.05) is 12.1 Å². The normalized spacial score (nSPS) is 16.4. The van der Waals surface area contributed by atoms with Gasteiger partial charge in [0.1, 0.15) is 5.75 Å². The summed E-state index contributed by atoms with van der Waals surface area (Å²) < 4.78 is 78.5. The molecule has 0 saturated heterocycles. The summed E-state index contributed by atoms with van der Waals surface area (Å²) in [7, 11) is -5.84. The summed E-state index contributed by atoms with van der Waals surface area (Å²) in [6, 6.07) is 3.73. The highest BCUT2D eigenvalue weighted by Crippen LogP contribution is 2.42. The van der Waals surface area contributed by atoms with Gasteiger partial charge in [0.2, 0.25) is 6.79 Å². The van der Waals surface area contributed by atoms with Gasteiger partial charge in [-0.1, -0.05) is 0 Å². The molecule has 1 aromatic rings. The highest BCUT2D eigenvalue weighted by atomic mass is 32.2. The topological polar surface area (TPSA) is 91.3 Å². The molecule has 21 heavy (non-hydrogen) atoms. The second kappa shape index (κ2) is 5.58. The molecule has 0 bridgehead atoms. The largest absolute Gasteiger partial charge is 0.522 e. The molecular formula is C10H9F3O7S. The lowest BCUT2D eigenvalue weighted by molar-refractivity contribution is -0.0510. The third-order valence-corrected chi connectivity index (χ3v) is 3.02. The molecule has 0 fully saturated rings. The summed E-state index contributed by atoms with van der Waals surface area (Å²) >= 11 is 0. The molecule has 0 radical (unpaired) electrons. The van der Waals surface area contributed by atoms with Gasteiger partial charge in [0, 0.05) is 0 Å². The molecule has 0 amide bonds. The van der Waals surface area contributed by atoms with Crippen molar-refractivity contribution < 1.29 is 45.1 Å². The number of halogens is 3. The van der Waals surface area contributed by atoms with Gasteiger partial charge in [0.05, 0.1) is 12.2 Å². The van der Waals surface area contributed by atoms with Crippen LogP contribution in [0, 0.1) is 0 Å². The monoisotopic (exact) mass is 330 g/mol. The molecule has 1 aromatic carbocycles. The summed E-state index contributed by atoms with van der Waals surface area (Å²) in [5.41, 5.74) is -4.59. The smallest absolute Gasteiger partial charge is 0.467 e. The van der Waals surface area contributed by atoms with Crippen LogP contribution in [0.5, 0.6) is 17.2 Å². The third-order valence-electron chi connectivity index (χ3n) is 2.44. The van der Waals surface area contributed by atoms with Crippen LogP contribution in [0.25, 0.3) is 0 Å². The fraction of sp³-hybridized carbons (Fsp3) is 0.400. The van der Waals surface area contributed by atoms with Crippen LogP contribution in [0.15, 0.2) is 12.1 Å². The molecule has 1 N–H and O–H groups in total. The predicted octanol–water partition coefficient (Wildman–Crippen LogP) is 1.68. The Balaban J connectivity index is 0.000000177. The first-order valence-electron chi connectivity index (χ1n) is 5.36. The number of hydrogen-bond donors (Lipinski definition) is 1. The minimum Gasteiger partial charge on any atom is -0.467 e. The van der Waals surface area contributed by atoms with Gasteiger partial charge in [0.15, 0.2) is 18.3 Å². The molecule has 118 valence electrons. The van der Waals surface area contributed by atoms with Crippen molar-refractivity contribution in [2.45, 2.75) is 12.1 Å². The Bertz CT molecular complexity index is 626. The van der Waals surface area contributed by atoms with Gasteiger partial charge in [-0.2, -0.15) is 21.6 Å². The number of fused-ring (bicyclic) bond motifs is 3. The van der Waals surface area contributed by atoms with Crippen LogP contribution in [-0.2, 0) is 21.5 Å². The molecule has 0 unspecified atom stereocenters. The van der Waals surface area contributed by atoms with Crippen molar-refractivity contribution in [1.82, 2.24) is 0 Å². The second-order valence-corrected chi connectivity index (χ2v) is 5.22. The second-order valence-electron chi connectivity index (χ2n) is 3.81. The van der Waals surface area contributed by atoms with Gasteiger partial charge in [-0.05, 0) is 12.1 Å². The summed E-state index contributed by atoms with van der Waals surface area (Å²) in [6.45, 7) is 1.13.